The Labute approximate surface area is 140 Å². The van der Waals surface area contributed by atoms with Gasteiger partial charge in [-0.15, -0.1) is 12.4 Å². The summed E-state index contributed by atoms with van der Waals surface area (Å²) in [5, 5.41) is 2.93. The Morgan fingerprint density at radius 3 is 2.27 bits per heavy atom. The minimum Gasteiger partial charge on any atom is -0.346 e. The van der Waals surface area contributed by atoms with E-state index in [-0.39, 0.29) is 18.3 Å². The monoisotopic (exact) mass is 352 g/mol. The maximum Gasteiger partial charge on any atom is 0.288 e. The van der Waals surface area contributed by atoms with Gasteiger partial charge < -0.3 is 11.1 Å². The van der Waals surface area contributed by atoms with Crippen molar-refractivity contribution in [3.8, 4) is 0 Å². The molecular weight excluding hydrogens is 330 g/mol. The molecular formula is C15H23ClF2N2OS. The molecule has 1 atom stereocenters. The standard InChI is InChI=1S/C15H22F2N2OS.ClH/c1-10(2)8-15(3,9-18)19-13(20)11-4-6-12(7-5-11)21-14(16)17;/h4-7,10,14H,8-9,18H2,1-3H3,(H,19,20);1H. The van der Waals surface area contributed by atoms with Gasteiger partial charge >= 0.3 is 0 Å². The maximum absolute atomic E-state index is 12.2. The van der Waals surface area contributed by atoms with Crippen LogP contribution in [0.15, 0.2) is 29.2 Å². The Hall–Kier alpha value is -0.850. The van der Waals surface area contributed by atoms with Crippen LogP contribution in [0.25, 0.3) is 0 Å². The second kappa shape index (κ2) is 9.33. The first-order valence-electron chi connectivity index (χ1n) is 6.83. The van der Waals surface area contributed by atoms with Gasteiger partial charge in [0, 0.05) is 22.5 Å². The Morgan fingerprint density at radius 2 is 1.86 bits per heavy atom. The average molecular weight is 353 g/mol. The molecule has 1 unspecified atom stereocenters. The quantitative estimate of drug-likeness (QED) is 0.731. The molecule has 0 saturated heterocycles. The fourth-order valence-corrected chi connectivity index (χ4v) is 2.72. The Balaban J connectivity index is 0.00000441. The molecule has 1 aromatic rings. The summed E-state index contributed by atoms with van der Waals surface area (Å²) in [7, 11) is 0. The van der Waals surface area contributed by atoms with Crippen molar-refractivity contribution in [3.63, 3.8) is 0 Å². The molecule has 0 aliphatic rings. The number of hydrogen-bond donors (Lipinski definition) is 2. The van der Waals surface area contributed by atoms with E-state index in [0.717, 1.165) is 6.42 Å². The number of hydrogen-bond acceptors (Lipinski definition) is 3. The molecule has 22 heavy (non-hydrogen) atoms. The highest BCUT2D eigenvalue weighted by atomic mass is 35.5. The normalized spacial score (nSPS) is 13.6. The van der Waals surface area contributed by atoms with Crippen LogP contribution in [0.5, 0.6) is 0 Å². The van der Waals surface area contributed by atoms with Crippen molar-refractivity contribution in [2.24, 2.45) is 11.7 Å². The smallest absolute Gasteiger partial charge is 0.288 e. The van der Waals surface area contributed by atoms with Gasteiger partial charge in [0.25, 0.3) is 11.7 Å². The van der Waals surface area contributed by atoms with Gasteiger partial charge in [-0.1, -0.05) is 25.6 Å². The van der Waals surface area contributed by atoms with Crippen molar-refractivity contribution in [2.75, 3.05) is 6.54 Å². The van der Waals surface area contributed by atoms with E-state index in [4.69, 9.17) is 5.73 Å². The molecule has 0 saturated carbocycles. The van der Waals surface area contributed by atoms with E-state index in [1.165, 1.54) is 12.1 Å². The minimum absolute atomic E-state index is 0. The summed E-state index contributed by atoms with van der Waals surface area (Å²) in [6.07, 6.45) is 0.772. The molecule has 0 aromatic heterocycles. The third kappa shape index (κ3) is 6.94. The molecule has 1 aromatic carbocycles. The predicted octanol–water partition coefficient (Wildman–Crippen LogP) is 3.92. The largest absolute Gasteiger partial charge is 0.346 e. The molecule has 1 rings (SSSR count). The van der Waals surface area contributed by atoms with E-state index >= 15 is 0 Å². The topological polar surface area (TPSA) is 55.1 Å². The van der Waals surface area contributed by atoms with Gasteiger partial charge in [-0.3, -0.25) is 4.79 Å². The van der Waals surface area contributed by atoms with Gasteiger partial charge in [0.05, 0.1) is 0 Å². The van der Waals surface area contributed by atoms with Crippen LogP contribution in [-0.2, 0) is 0 Å². The highest BCUT2D eigenvalue weighted by Gasteiger charge is 2.26. The van der Waals surface area contributed by atoms with Crippen LogP contribution < -0.4 is 11.1 Å². The third-order valence-electron chi connectivity index (χ3n) is 3.07. The summed E-state index contributed by atoms with van der Waals surface area (Å²) in [6, 6.07) is 6.14. The molecule has 0 fully saturated rings. The number of nitrogens with two attached hydrogens (primary N) is 1. The van der Waals surface area contributed by atoms with Crippen LogP contribution in [0.1, 0.15) is 37.6 Å². The van der Waals surface area contributed by atoms with Crippen LogP contribution in [0.4, 0.5) is 8.78 Å². The number of nitrogens with one attached hydrogen (secondary N) is 1. The first-order chi connectivity index (χ1) is 9.75. The fraction of sp³-hybridized carbons (Fsp3) is 0.533. The Bertz CT molecular complexity index is 471. The number of rotatable bonds is 7. The van der Waals surface area contributed by atoms with E-state index in [1.807, 2.05) is 6.92 Å². The van der Waals surface area contributed by atoms with E-state index in [0.29, 0.717) is 34.7 Å². The van der Waals surface area contributed by atoms with Crippen molar-refractivity contribution < 1.29 is 13.6 Å². The predicted molar refractivity (Wildman–Crippen MR) is 89.9 cm³/mol. The summed E-state index contributed by atoms with van der Waals surface area (Å²) in [6.45, 7) is 6.38. The SMILES string of the molecule is CC(C)CC(C)(CN)NC(=O)c1ccc(SC(F)F)cc1.Cl. The van der Waals surface area contributed by atoms with Gasteiger partial charge in [-0.2, -0.15) is 8.78 Å². The molecule has 126 valence electrons. The van der Waals surface area contributed by atoms with E-state index in [9.17, 15) is 13.6 Å². The maximum atomic E-state index is 12.2. The highest BCUT2D eigenvalue weighted by molar-refractivity contribution is 7.99. The van der Waals surface area contributed by atoms with Crippen LogP contribution in [0.3, 0.4) is 0 Å². The summed E-state index contributed by atoms with van der Waals surface area (Å²) in [5.41, 5.74) is 5.73. The highest BCUT2D eigenvalue weighted by Crippen LogP contribution is 2.25. The van der Waals surface area contributed by atoms with Crippen molar-refractivity contribution in [3.05, 3.63) is 29.8 Å². The molecule has 0 bridgehead atoms. The molecule has 0 spiro atoms. The van der Waals surface area contributed by atoms with E-state index < -0.39 is 11.3 Å². The number of benzene rings is 1. The number of halogens is 3. The Kier molecular flexibility index (Phi) is 8.96. The van der Waals surface area contributed by atoms with Crippen molar-refractivity contribution in [1.82, 2.24) is 5.32 Å². The second-order valence-electron chi connectivity index (χ2n) is 5.72. The van der Waals surface area contributed by atoms with E-state index in [2.05, 4.69) is 19.2 Å². The lowest BCUT2D eigenvalue weighted by atomic mass is 9.90. The zero-order chi connectivity index (χ0) is 16.0. The first-order valence-corrected chi connectivity index (χ1v) is 7.71. The molecule has 0 radical (unpaired) electrons. The number of amides is 1. The van der Waals surface area contributed by atoms with Gasteiger partial charge in [0.1, 0.15) is 0 Å². The van der Waals surface area contributed by atoms with Crippen molar-refractivity contribution in [2.45, 2.75) is 43.4 Å². The zero-order valence-corrected chi connectivity index (χ0v) is 14.6. The average Bonchev–Trinajstić information content (AvgIpc) is 2.37. The molecule has 0 aliphatic heterocycles. The lowest BCUT2D eigenvalue weighted by Crippen LogP contribution is -2.52. The summed E-state index contributed by atoms with van der Waals surface area (Å²) >= 11 is 0.460. The van der Waals surface area contributed by atoms with Crippen molar-refractivity contribution >= 4 is 30.1 Å². The molecule has 3 nitrogen and oxygen atoms in total. The molecule has 0 aliphatic carbocycles. The second-order valence-corrected chi connectivity index (χ2v) is 6.78. The van der Waals surface area contributed by atoms with Gasteiger partial charge in [0.2, 0.25) is 0 Å². The zero-order valence-electron chi connectivity index (χ0n) is 12.9. The minimum atomic E-state index is -2.46. The Morgan fingerprint density at radius 1 is 1.32 bits per heavy atom. The van der Waals surface area contributed by atoms with Gasteiger partial charge in [0.15, 0.2) is 0 Å². The van der Waals surface area contributed by atoms with Crippen LogP contribution in [0, 0.1) is 5.92 Å². The molecule has 7 heteroatoms. The first kappa shape index (κ1) is 21.1. The number of thioether (sulfide) groups is 1. The van der Waals surface area contributed by atoms with Crippen LogP contribution >= 0.6 is 24.2 Å². The van der Waals surface area contributed by atoms with Crippen LogP contribution in [-0.4, -0.2) is 23.7 Å². The van der Waals surface area contributed by atoms with Crippen molar-refractivity contribution in [1.29, 1.82) is 0 Å². The lowest BCUT2D eigenvalue weighted by molar-refractivity contribution is 0.0898. The number of carbonyl (C=O) groups is 1. The number of carbonyl (C=O) groups excluding carboxylic acids is 1. The fourth-order valence-electron chi connectivity index (χ4n) is 2.22. The summed E-state index contributed by atoms with van der Waals surface area (Å²) in [4.78, 5) is 12.6. The van der Waals surface area contributed by atoms with Gasteiger partial charge in [-0.05, 0) is 43.5 Å². The third-order valence-corrected chi connectivity index (χ3v) is 3.79. The number of alkyl halides is 2. The molecule has 3 N–H and O–H groups in total. The molecule has 1 amide bonds. The van der Waals surface area contributed by atoms with Gasteiger partial charge in [-0.25, -0.2) is 0 Å². The summed E-state index contributed by atoms with van der Waals surface area (Å²) in [5.74, 6) is -2.29. The molecule has 0 heterocycles. The van der Waals surface area contributed by atoms with Crippen LogP contribution in [0.2, 0.25) is 0 Å². The lowest BCUT2D eigenvalue weighted by Gasteiger charge is -2.31. The summed E-state index contributed by atoms with van der Waals surface area (Å²) < 4.78 is 24.5. The van der Waals surface area contributed by atoms with E-state index in [1.54, 1.807) is 12.1 Å².